The molecule has 5 aromatic rings. The molecule has 0 unspecified atom stereocenters. The molecule has 0 N–H and O–H groups in total. The smallest absolute Gasteiger partial charge is 0 e. The average molecular weight is 1130 g/mol. The van der Waals surface area contributed by atoms with Crippen molar-refractivity contribution in [2.75, 3.05) is 0 Å². The van der Waals surface area contributed by atoms with E-state index in [2.05, 4.69) is 214 Å². The molecule has 406 valence electrons. The van der Waals surface area contributed by atoms with E-state index in [1.807, 2.05) is 166 Å². The SMILES string of the molecule is CC.CC.CC.CC.CC.CC(C)(C)C.CC(C)(C)C.CC(C)(C)C.CC(C)(C)C.CC(C)(C)C.CC(C)(C)c1ccccc1.[Y].[Y].[c-]1ccccc1-c1[c-]cccc1.[c-]1ccccc1-c1[c-]cccc1. The van der Waals surface area contributed by atoms with Crippen LogP contribution in [0.2, 0.25) is 0 Å². The van der Waals surface area contributed by atoms with Crippen molar-refractivity contribution < 1.29 is 65.4 Å². The standard InChI is InChI=1S/2C12H8.C10H14.5C5H12.5C2H6.2Y/c2*1-3-7-11(8-4-1)12-9-5-2-6-10-12;1-10(2,3)9-7-5-4-6-8-9;5*1-5(2,3)4;5*1-2;;/h2*1-7,9H;4-8H,1-3H3;5*1-4H3;5*1-2H3;;/q2*-2;;;;;;;;;;;;;. The van der Waals surface area contributed by atoms with Crippen LogP contribution in [0.1, 0.15) is 234 Å². The molecular formula is C69H120Y2-4. The predicted octanol–water partition coefficient (Wildman–Crippen LogP) is 24.3. The summed E-state index contributed by atoms with van der Waals surface area (Å²) in [5.41, 5.74) is 8.57. The van der Waals surface area contributed by atoms with E-state index in [9.17, 15) is 0 Å². The van der Waals surface area contributed by atoms with Crippen molar-refractivity contribution in [3.8, 4) is 22.3 Å². The van der Waals surface area contributed by atoms with Crippen LogP contribution < -0.4 is 0 Å². The van der Waals surface area contributed by atoms with Gasteiger partial charge < -0.3 is 0 Å². The zero-order valence-electron chi connectivity index (χ0n) is 53.8. The Bertz CT molecular complexity index is 1380. The van der Waals surface area contributed by atoms with Crippen molar-refractivity contribution in [1.82, 2.24) is 0 Å². The van der Waals surface area contributed by atoms with Crippen molar-refractivity contribution in [3.05, 3.63) is 157 Å². The Morgan fingerprint density at radius 2 is 0.366 bits per heavy atom. The van der Waals surface area contributed by atoms with Gasteiger partial charge in [0, 0.05) is 65.4 Å². The Labute approximate surface area is 501 Å². The zero-order chi connectivity index (χ0) is 56.6. The van der Waals surface area contributed by atoms with E-state index in [0.29, 0.717) is 32.5 Å². The summed E-state index contributed by atoms with van der Waals surface area (Å²) in [4.78, 5) is 0. The maximum absolute atomic E-state index is 3.15. The summed E-state index contributed by atoms with van der Waals surface area (Å²) >= 11 is 0. The van der Waals surface area contributed by atoms with E-state index < -0.39 is 0 Å². The maximum Gasteiger partial charge on any atom is 0 e. The quantitative estimate of drug-likeness (QED) is 0.155. The molecule has 0 aliphatic heterocycles. The molecule has 0 amide bonds. The molecule has 0 bridgehead atoms. The maximum atomic E-state index is 3.15. The van der Waals surface area contributed by atoms with Gasteiger partial charge >= 0.3 is 0 Å². The number of hydrogen-bond donors (Lipinski definition) is 0. The molecule has 0 atom stereocenters. The molecule has 0 aliphatic rings. The van der Waals surface area contributed by atoms with E-state index in [1.54, 1.807) is 0 Å². The van der Waals surface area contributed by atoms with Crippen LogP contribution >= 0.6 is 0 Å². The second kappa shape index (κ2) is 56.0. The minimum absolute atomic E-state index is 0. The number of benzene rings is 5. The summed E-state index contributed by atoms with van der Waals surface area (Å²) < 4.78 is 0. The van der Waals surface area contributed by atoms with Gasteiger partial charge in [-0.05, 0) is 38.1 Å². The van der Waals surface area contributed by atoms with Gasteiger partial charge in [-0.2, -0.15) is 97.1 Å². The van der Waals surface area contributed by atoms with E-state index in [1.165, 1.54) is 5.56 Å². The molecule has 0 nitrogen and oxygen atoms in total. The summed E-state index contributed by atoms with van der Waals surface area (Å²) in [5.74, 6) is 0. The molecular weight excluding hydrogens is 1010 g/mol. The average Bonchev–Trinajstić information content (AvgIpc) is 3.26. The summed E-state index contributed by atoms with van der Waals surface area (Å²) in [5, 5.41) is 0. The van der Waals surface area contributed by atoms with E-state index >= 15 is 0 Å². The van der Waals surface area contributed by atoms with Gasteiger partial charge in [0.05, 0.1) is 0 Å². The molecule has 71 heavy (non-hydrogen) atoms. The minimum atomic E-state index is 0. The van der Waals surface area contributed by atoms with Crippen molar-refractivity contribution in [2.24, 2.45) is 27.1 Å². The van der Waals surface area contributed by atoms with Crippen LogP contribution in [0.15, 0.2) is 127 Å². The fourth-order valence-corrected chi connectivity index (χ4v) is 3.18. The first kappa shape index (κ1) is 91.9. The molecule has 5 aromatic carbocycles. The molecule has 5 rings (SSSR count). The Morgan fingerprint density at radius 1 is 0.225 bits per heavy atom. The van der Waals surface area contributed by atoms with Crippen LogP contribution in [-0.2, 0) is 70.8 Å². The Balaban J connectivity index is -0.0000000747. The fraction of sp³-hybridized carbons (Fsp3) is 0.565. The molecule has 2 heteroatoms. The third kappa shape index (κ3) is 110. The summed E-state index contributed by atoms with van der Waals surface area (Å²) in [7, 11) is 0. The molecule has 0 saturated heterocycles. The Hall–Kier alpha value is -1.69. The van der Waals surface area contributed by atoms with Gasteiger partial charge in [0.15, 0.2) is 0 Å². The molecule has 0 saturated carbocycles. The summed E-state index contributed by atoms with van der Waals surface area (Å²) in [6.45, 7) is 70.4. The first-order valence-electron chi connectivity index (χ1n) is 26.5. The van der Waals surface area contributed by atoms with E-state index in [0.717, 1.165) is 22.3 Å². The van der Waals surface area contributed by atoms with Gasteiger partial charge in [-0.25, -0.2) is 22.3 Å². The fourth-order valence-electron chi connectivity index (χ4n) is 3.18. The Morgan fingerprint density at radius 3 is 0.465 bits per heavy atom. The monoisotopic (exact) mass is 1130 g/mol. The molecule has 2 radical (unpaired) electrons. The van der Waals surface area contributed by atoms with Crippen LogP contribution in [0.25, 0.3) is 22.3 Å². The first-order chi connectivity index (χ1) is 31.5. The van der Waals surface area contributed by atoms with E-state index in [-0.39, 0.29) is 65.4 Å². The second-order valence-electron chi connectivity index (χ2n) is 23.7. The van der Waals surface area contributed by atoms with Crippen molar-refractivity contribution in [2.45, 2.75) is 234 Å². The van der Waals surface area contributed by atoms with Crippen LogP contribution in [0.5, 0.6) is 0 Å². The molecule has 0 aliphatic carbocycles. The van der Waals surface area contributed by atoms with Gasteiger partial charge in [0.1, 0.15) is 0 Å². The summed E-state index contributed by atoms with van der Waals surface area (Å²) in [6.07, 6.45) is 0. The van der Waals surface area contributed by atoms with Crippen molar-refractivity contribution in [3.63, 3.8) is 0 Å². The normalized spacial score (nSPS) is 9.54. The largest absolute Gasteiger partial charge is 0.226 e. The van der Waals surface area contributed by atoms with Gasteiger partial charge in [-0.15, -0.1) is 24.3 Å². The molecule has 0 heterocycles. The van der Waals surface area contributed by atoms with Gasteiger partial charge in [-0.3, -0.25) is 0 Å². The first-order valence-corrected chi connectivity index (χ1v) is 26.5. The molecule has 0 spiro atoms. The van der Waals surface area contributed by atoms with Gasteiger partial charge in [0.2, 0.25) is 0 Å². The zero-order valence-corrected chi connectivity index (χ0v) is 59.5. The predicted molar refractivity (Wildman–Crippen MR) is 327 cm³/mol. The second-order valence-corrected chi connectivity index (χ2v) is 23.7. The van der Waals surface area contributed by atoms with Crippen LogP contribution in [0, 0.1) is 51.3 Å². The van der Waals surface area contributed by atoms with Crippen LogP contribution in [0.4, 0.5) is 0 Å². The molecule has 0 fully saturated rings. The third-order valence-corrected chi connectivity index (χ3v) is 5.06. The minimum Gasteiger partial charge on any atom is -0.226 e. The number of rotatable bonds is 2. The van der Waals surface area contributed by atoms with Gasteiger partial charge in [-0.1, -0.05) is 259 Å². The third-order valence-electron chi connectivity index (χ3n) is 5.06. The molecule has 0 aromatic heterocycles. The van der Waals surface area contributed by atoms with Crippen molar-refractivity contribution in [1.29, 1.82) is 0 Å². The van der Waals surface area contributed by atoms with Gasteiger partial charge in [0.25, 0.3) is 0 Å². The topological polar surface area (TPSA) is 0 Å². The number of hydrogen-bond acceptors (Lipinski definition) is 0. The van der Waals surface area contributed by atoms with E-state index in [4.69, 9.17) is 0 Å². The van der Waals surface area contributed by atoms with Crippen molar-refractivity contribution >= 4 is 0 Å². The van der Waals surface area contributed by atoms with Crippen LogP contribution in [0.3, 0.4) is 0 Å². The summed E-state index contributed by atoms with van der Waals surface area (Å²) in [6, 6.07) is 54.8. The Kier molecular flexibility index (Phi) is 72.6. The van der Waals surface area contributed by atoms with Crippen LogP contribution in [-0.4, -0.2) is 0 Å².